The Morgan fingerprint density at radius 3 is 2.58 bits per heavy atom. The molecule has 3 aromatic rings. The molecule has 5 nitrogen and oxygen atoms in total. The average Bonchev–Trinajstić information content (AvgIpc) is 3.30. The normalized spacial score (nSPS) is 14.7. The summed E-state index contributed by atoms with van der Waals surface area (Å²) in [4.78, 5) is 19.5. The topological polar surface area (TPSA) is 59.2 Å². The van der Waals surface area contributed by atoms with Gasteiger partial charge >= 0.3 is 0 Å². The maximum atomic E-state index is 12.9. The van der Waals surface area contributed by atoms with Crippen LogP contribution in [0.3, 0.4) is 0 Å². The van der Waals surface area contributed by atoms with Gasteiger partial charge in [-0.05, 0) is 56.4 Å². The largest absolute Gasteiger partial charge is 0.339 e. The van der Waals surface area contributed by atoms with Crippen LogP contribution in [0.4, 0.5) is 0 Å². The van der Waals surface area contributed by atoms with Gasteiger partial charge in [-0.25, -0.2) is 0 Å². The number of aromatic nitrogens is 2. The van der Waals surface area contributed by atoms with Gasteiger partial charge in [0, 0.05) is 30.1 Å². The molecule has 5 heteroatoms. The van der Waals surface area contributed by atoms with Gasteiger partial charge in [0.2, 0.25) is 11.7 Å². The van der Waals surface area contributed by atoms with Crippen molar-refractivity contribution in [2.75, 3.05) is 13.1 Å². The average molecular weight is 418 g/mol. The van der Waals surface area contributed by atoms with Gasteiger partial charge in [0.1, 0.15) is 0 Å². The number of piperidine rings is 1. The number of aryl methyl sites for hydroxylation is 2. The first kappa shape index (κ1) is 21.3. The molecule has 0 atom stereocenters. The number of hydrogen-bond donors (Lipinski definition) is 0. The molecule has 2 aromatic carbocycles. The van der Waals surface area contributed by atoms with Gasteiger partial charge in [-0.1, -0.05) is 60.8 Å². The lowest BCUT2D eigenvalue weighted by Crippen LogP contribution is -2.38. The lowest BCUT2D eigenvalue weighted by atomic mass is 9.96. The predicted molar refractivity (Wildman–Crippen MR) is 122 cm³/mol. The van der Waals surface area contributed by atoms with E-state index in [9.17, 15) is 4.79 Å². The van der Waals surface area contributed by atoms with Crippen LogP contribution in [0.1, 0.15) is 72.3 Å². The molecule has 4 rings (SSSR count). The van der Waals surface area contributed by atoms with Gasteiger partial charge < -0.3 is 9.42 Å². The lowest BCUT2D eigenvalue weighted by molar-refractivity contribution is 0.0704. The molecule has 0 saturated carbocycles. The van der Waals surface area contributed by atoms with Crippen molar-refractivity contribution >= 4 is 5.91 Å². The van der Waals surface area contributed by atoms with Crippen LogP contribution in [0.2, 0.25) is 0 Å². The molecule has 1 amide bonds. The number of carbonyl (C=O) groups is 1. The molecule has 0 bridgehead atoms. The van der Waals surface area contributed by atoms with Gasteiger partial charge in [-0.2, -0.15) is 4.98 Å². The van der Waals surface area contributed by atoms with Gasteiger partial charge in [-0.15, -0.1) is 0 Å². The van der Waals surface area contributed by atoms with Gasteiger partial charge in [-0.3, -0.25) is 4.79 Å². The van der Waals surface area contributed by atoms with Crippen LogP contribution in [0.5, 0.6) is 0 Å². The number of hydrogen-bond acceptors (Lipinski definition) is 4. The van der Waals surface area contributed by atoms with Crippen LogP contribution in [0, 0.1) is 6.92 Å². The molecular formula is C26H31N3O2. The van der Waals surface area contributed by atoms with Crippen LogP contribution in [-0.4, -0.2) is 34.0 Å². The summed E-state index contributed by atoms with van der Waals surface area (Å²) in [6.07, 6.45) is 6.46. The monoisotopic (exact) mass is 417 g/mol. The number of likely N-dealkylation sites (tertiary alicyclic amines) is 1. The van der Waals surface area contributed by atoms with E-state index < -0.39 is 0 Å². The van der Waals surface area contributed by atoms with Crippen molar-refractivity contribution in [3.63, 3.8) is 0 Å². The first-order chi connectivity index (χ1) is 15.1. The minimum absolute atomic E-state index is 0.115. The standard InChI is InChI=1S/C26H31N3O2/c1-3-4-5-8-20-10-12-22(13-11-20)26(30)29-16-14-21(15-17-29)25-27-24(28-31-25)23-9-6-7-19(2)18-23/h6-7,9-13,18,21H,3-5,8,14-17H2,1-2H3. The molecular weight excluding hydrogens is 386 g/mol. The van der Waals surface area contributed by atoms with Crippen LogP contribution < -0.4 is 0 Å². The number of carbonyl (C=O) groups excluding carboxylic acids is 1. The quantitative estimate of drug-likeness (QED) is 0.456. The van der Waals surface area contributed by atoms with Crippen LogP contribution in [0.15, 0.2) is 53.1 Å². The molecule has 0 unspecified atom stereocenters. The molecule has 1 fully saturated rings. The number of rotatable bonds is 7. The van der Waals surface area contributed by atoms with E-state index in [0.29, 0.717) is 24.8 Å². The highest BCUT2D eigenvalue weighted by Gasteiger charge is 2.28. The molecule has 1 aliphatic rings. The number of benzene rings is 2. The Morgan fingerprint density at radius 1 is 1.10 bits per heavy atom. The zero-order valence-electron chi connectivity index (χ0n) is 18.5. The van der Waals surface area contributed by atoms with E-state index in [1.54, 1.807) is 0 Å². The second-order valence-corrected chi connectivity index (χ2v) is 8.55. The van der Waals surface area contributed by atoms with E-state index in [0.717, 1.165) is 30.4 Å². The van der Waals surface area contributed by atoms with Crippen LogP contribution >= 0.6 is 0 Å². The van der Waals surface area contributed by atoms with E-state index in [1.807, 2.05) is 29.2 Å². The summed E-state index contributed by atoms with van der Waals surface area (Å²) in [6.45, 7) is 5.69. The van der Waals surface area contributed by atoms with Crippen molar-refractivity contribution in [3.05, 3.63) is 71.1 Å². The predicted octanol–water partition coefficient (Wildman–Crippen LogP) is 5.80. The lowest BCUT2D eigenvalue weighted by Gasteiger charge is -2.30. The summed E-state index contributed by atoms with van der Waals surface area (Å²) in [5.74, 6) is 1.64. The second-order valence-electron chi connectivity index (χ2n) is 8.55. The van der Waals surface area contributed by atoms with E-state index in [1.165, 1.54) is 30.4 Å². The third-order valence-electron chi connectivity index (χ3n) is 6.12. The van der Waals surface area contributed by atoms with Crippen LogP contribution in [0.25, 0.3) is 11.4 Å². The van der Waals surface area contributed by atoms with Crippen LogP contribution in [-0.2, 0) is 6.42 Å². The summed E-state index contributed by atoms with van der Waals surface area (Å²) in [6, 6.07) is 16.3. The molecule has 162 valence electrons. The summed E-state index contributed by atoms with van der Waals surface area (Å²) >= 11 is 0. The van der Waals surface area contributed by atoms with Crippen molar-refractivity contribution < 1.29 is 9.32 Å². The molecule has 1 aliphatic heterocycles. The molecule has 0 radical (unpaired) electrons. The van der Waals surface area contributed by atoms with E-state index in [2.05, 4.69) is 48.3 Å². The Labute approximate surface area is 184 Å². The van der Waals surface area contributed by atoms with Gasteiger partial charge in [0.15, 0.2) is 0 Å². The molecule has 2 heterocycles. The van der Waals surface area contributed by atoms with Gasteiger partial charge in [0.05, 0.1) is 0 Å². The summed E-state index contributed by atoms with van der Waals surface area (Å²) in [7, 11) is 0. The maximum Gasteiger partial charge on any atom is 0.253 e. The Hall–Kier alpha value is -2.95. The minimum Gasteiger partial charge on any atom is -0.339 e. The van der Waals surface area contributed by atoms with Crippen molar-refractivity contribution in [1.82, 2.24) is 15.0 Å². The highest BCUT2D eigenvalue weighted by Crippen LogP contribution is 2.29. The molecule has 0 spiro atoms. The zero-order valence-corrected chi connectivity index (χ0v) is 18.5. The van der Waals surface area contributed by atoms with E-state index in [-0.39, 0.29) is 11.8 Å². The Kier molecular flexibility index (Phi) is 6.80. The first-order valence-electron chi connectivity index (χ1n) is 11.4. The van der Waals surface area contributed by atoms with Crippen molar-refractivity contribution in [2.45, 2.75) is 58.3 Å². The van der Waals surface area contributed by atoms with Crippen molar-refractivity contribution in [2.24, 2.45) is 0 Å². The zero-order chi connectivity index (χ0) is 21.6. The Bertz CT molecular complexity index is 1000. The molecule has 0 aliphatic carbocycles. The number of unbranched alkanes of at least 4 members (excludes halogenated alkanes) is 2. The Balaban J connectivity index is 1.33. The fourth-order valence-corrected chi connectivity index (χ4v) is 4.21. The third kappa shape index (κ3) is 5.22. The summed E-state index contributed by atoms with van der Waals surface area (Å²) in [5, 5.41) is 4.17. The molecule has 1 aromatic heterocycles. The van der Waals surface area contributed by atoms with Gasteiger partial charge in [0.25, 0.3) is 5.91 Å². The SMILES string of the molecule is CCCCCc1ccc(C(=O)N2CCC(c3nc(-c4cccc(C)c4)no3)CC2)cc1. The molecule has 31 heavy (non-hydrogen) atoms. The molecule has 0 N–H and O–H groups in total. The first-order valence-corrected chi connectivity index (χ1v) is 11.4. The highest BCUT2D eigenvalue weighted by atomic mass is 16.5. The fraction of sp³-hybridized carbons (Fsp3) is 0.423. The second kappa shape index (κ2) is 9.90. The Morgan fingerprint density at radius 2 is 1.87 bits per heavy atom. The highest BCUT2D eigenvalue weighted by molar-refractivity contribution is 5.94. The van der Waals surface area contributed by atoms with E-state index in [4.69, 9.17) is 4.52 Å². The fourth-order valence-electron chi connectivity index (χ4n) is 4.21. The van der Waals surface area contributed by atoms with E-state index >= 15 is 0 Å². The summed E-state index contributed by atoms with van der Waals surface area (Å²) in [5.41, 5.74) is 4.23. The van der Waals surface area contributed by atoms with Crippen molar-refractivity contribution in [1.29, 1.82) is 0 Å². The third-order valence-corrected chi connectivity index (χ3v) is 6.12. The minimum atomic E-state index is 0.115. The smallest absolute Gasteiger partial charge is 0.253 e. The number of amides is 1. The molecule has 1 saturated heterocycles. The maximum absolute atomic E-state index is 12.9. The summed E-state index contributed by atoms with van der Waals surface area (Å²) < 4.78 is 5.57. The number of nitrogens with zero attached hydrogens (tertiary/aromatic N) is 3. The van der Waals surface area contributed by atoms with Crippen molar-refractivity contribution in [3.8, 4) is 11.4 Å².